The number of nitrogen functional groups attached to an aromatic ring is 1. The number of nitrogens with zero attached hydrogens (tertiary/aromatic N) is 12. The first-order valence-corrected chi connectivity index (χ1v) is 40.5. The summed E-state index contributed by atoms with van der Waals surface area (Å²) in [5.74, 6) is 0.636. The van der Waals surface area contributed by atoms with Crippen molar-refractivity contribution in [3.63, 3.8) is 0 Å². The molecule has 0 spiro atoms. The fourth-order valence-electron chi connectivity index (χ4n) is 12.5. The second-order valence-corrected chi connectivity index (χ2v) is 36.9. The molecule has 4 aliphatic rings. The van der Waals surface area contributed by atoms with Crippen LogP contribution in [0, 0.1) is 17.2 Å². The maximum Gasteiger partial charge on any atom is 0.410 e. The summed E-state index contributed by atoms with van der Waals surface area (Å²) in [4.78, 5) is 115. The first kappa shape index (κ1) is 79.0. The summed E-state index contributed by atoms with van der Waals surface area (Å²) >= 11 is 11.1. The van der Waals surface area contributed by atoms with Crippen LogP contribution in [0.3, 0.4) is 0 Å². The predicted molar refractivity (Wildman–Crippen MR) is 429 cm³/mol. The number of thiophene rings is 3. The summed E-state index contributed by atoms with van der Waals surface area (Å²) in [5, 5.41) is 23.9. The van der Waals surface area contributed by atoms with E-state index < -0.39 is 16.8 Å². The summed E-state index contributed by atoms with van der Waals surface area (Å²) < 4.78 is 20.7. The van der Waals surface area contributed by atoms with Gasteiger partial charge < -0.3 is 50.6 Å². The molecule has 15 rings (SSSR count). The fourth-order valence-corrected chi connectivity index (χ4v) is 20.4. The third kappa shape index (κ3) is 19.4. The van der Waals surface area contributed by atoms with Crippen molar-refractivity contribution in [2.45, 2.75) is 171 Å². The van der Waals surface area contributed by atoms with Crippen LogP contribution in [0.4, 0.5) is 29.4 Å². The molecule has 4 aliphatic heterocycles. The van der Waals surface area contributed by atoms with Crippen molar-refractivity contribution < 1.29 is 43.0 Å². The number of ketones is 1. The Morgan fingerprint density at radius 2 is 0.916 bits per heavy atom. The van der Waals surface area contributed by atoms with Gasteiger partial charge in [-0.2, -0.15) is 5.26 Å². The van der Waals surface area contributed by atoms with Crippen molar-refractivity contribution in [3.05, 3.63) is 110 Å². The second kappa shape index (κ2) is 33.2. The zero-order valence-electron chi connectivity index (χ0n) is 62.3. The first-order chi connectivity index (χ1) is 50.7. The number of amides is 5. The Morgan fingerprint density at radius 1 is 0.533 bits per heavy atom. The van der Waals surface area contributed by atoms with Gasteiger partial charge in [0.2, 0.25) is 11.8 Å². The molecule has 25 nitrogen and oxygen atoms in total. The number of carbonyl (C=O) groups is 6. The van der Waals surface area contributed by atoms with Crippen LogP contribution in [0.2, 0.25) is 0 Å². The summed E-state index contributed by atoms with van der Waals surface area (Å²) in [5.41, 5.74) is 15.1. The lowest BCUT2D eigenvalue weighted by Gasteiger charge is -2.33. The Hall–Kier alpha value is -9.07. The number of carbonyl (C=O) groups excluding carboxylic acids is 6. The number of rotatable bonds is 6. The van der Waals surface area contributed by atoms with Gasteiger partial charge in [-0.25, -0.2) is 34.3 Å². The summed E-state index contributed by atoms with van der Waals surface area (Å²) in [6.07, 6.45) is 14.0. The van der Waals surface area contributed by atoms with Crippen molar-refractivity contribution in [1.82, 2.24) is 59.9 Å². The first-order valence-electron chi connectivity index (χ1n) is 34.8. The normalized spacial score (nSPS) is 17.0. The molecule has 0 aromatic carbocycles. The number of nitriles is 1. The fraction of sp³-hybridized carbons (Fsp3) is 0.427. The smallest absolute Gasteiger partial charge is 0.410 e. The number of hydrogen-bond acceptors (Lipinski definition) is 27. The Morgan fingerprint density at radius 3 is 1.33 bits per heavy atom. The average molecular weight is 1580 g/mol. The van der Waals surface area contributed by atoms with Gasteiger partial charge in [0.05, 0.1) is 79.7 Å². The molecule has 0 aliphatic carbocycles. The predicted octanol–water partition coefficient (Wildman–Crippen LogP) is 17.3. The highest BCUT2D eigenvalue weighted by atomic mass is 32.1. The molecule has 15 heterocycles. The zero-order chi connectivity index (χ0) is 77.0. The van der Waals surface area contributed by atoms with Crippen LogP contribution < -0.4 is 21.7 Å². The van der Waals surface area contributed by atoms with Gasteiger partial charge in [-0.3, -0.25) is 34.3 Å². The topological polar surface area (TPSA) is 329 Å². The van der Waals surface area contributed by atoms with Gasteiger partial charge in [-0.15, -0.1) is 79.4 Å². The molecule has 1 saturated heterocycles. The van der Waals surface area contributed by atoms with Gasteiger partial charge in [0.25, 0.3) is 0 Å². The van der Waals surface area contributed by atoms with E-state index in [1.807, 2.05) is 93.5 Å². The van der Waals surface area contributed by atoms with Crippen molar-refractivity contribution in [1.29, 1.82) is 5.26 Å². The third-order valence-corrected chi connectivity index (χ3v) is 24.3. The maximum absolute atomic E-state index is 12.6. The van der Waals surface area contributed by atoms with E-state index in [1.54, 1.807) is 139 Å². The quantitative estimate of drug-likeness (QED) is 0.112. The molecule has 0 radical (unpaired) electrons. The molecule has 11 aromatic heterocycles. The van der Waals surface area contributed by atoms with Crippen LogP contribution in [0.15, 0.2) is 73.8 Å². The number of fused-ring (bicyclic) bond motifs is 7. The van der Waals surface area contributed by atoms with E-state index in [1.165, 1.54) is 34.3 Å². The van der Waals surface area contributed by atoms with E-state index in [4.69, 9.17) is 40.2 Å². The van der Waals surface area contributed by atoms with Crippen molar-refractivity contribution in [2.24, 2.45) is 5.92 Å². The number of likely N-dealkylation sites (tertiary alicyclic amines) is 1. The Balaban J connectivity index is 0.000000138. The number of hydrogen-bond donors (Lipinski definition) is 4. The lowest BCUT2D eigenvalue weighted by molar-refractivity contribution is -0.125. The van der Waals surface area contributed by atoms with Crippen LogP contribution in [0.5, 0.6) is 0 Å². The highest BCUT2D eigenvalue weighted by Gasteiger charge is 2.38. The molecule has 1 fully saturated rings. The molecule has 562 valence electrons. The van der Waals surface area contributed by atoms with E-state index in [0.29, 0.717) is 58.0 Å². The Labute approximate surface area is 648 Å². The summed E-state index contributed by atoms with van der Waals surface area (Å²) in [7, 11) is 0. The minimum absolute atomic E-state index is 0.0479. The molecule has 4 unspecified atom stereocenters. The van der Waals surface area contributed by atoms with Crippen LogP contribution in [0.1, 0.15) is 164 Å². The van der Waals surface area contributed by atoms with Crippen LogP contribution in [0.25, 0.3) is 72.6 Å². The van der Waals surface area contributed by atoms with E-state index >= 15 is 0 Å². The molecule has 11 aromatic rings. The number of nitrogens with one attached hydrogen (secondary N) is 3. The lowest BCUT2D eigenvalue weighted by atomic mass is 9.93. The number of aromatic nitrogens is 8. The van der Waals surface area contributed by atoms with Gasteiger partial charge >= 0.3 is 18.3 Å². The van der Waals surface area contributed by atoms with Gasteiger partial charge in [0, 0.05) is 133 Å². The van der Waals surface area contributed by atoms with E-state index in [2.05, 4.69) is 67.7 Å². The second-order valence-electron chi connectivity index (χ2n) is 29.3. The molecular formula is C75H86N16O9S7. The molecule has 4 atom stereocenters. The number of thiazole rings is 4. The number of Topliss-reactive ketones (excluding diaryl/α,β-unsaturated/α-hetero) is 1. The molecule has 32 heteroatoms. The zero-order valence-corrected chi connectivity index (χ0v) is 68.0. The number of ether oxygens (including phenoxy) is 3. The number of anilines is 3. The molecule has 5 amide bonds. The van der Waals surface area contributed by atoms with Gasteiger partial charge in [-0.1, -0.05) is 27.7 Å². The maximum atomic E-state index is 12.6. The lowest BCUT2D eigenvalue weighted by Crippen LogP contribution is -2.45. The minimum Gasteiger partial charge on any atom is -0.444 e. The van der Waals surface area contributed by atoms with Gasteiger partial charge in [0.1, 0.15) is 69.2 Å². The standard InChI is InChI=1S/C21H24N4O3S2.C19H22N4O2S2.C16H16N4OS2.C11H19NO3.C8H5N3S/c1-11-9-25(20(27)28-21(3,4)5)10-15-16(11)17(18(30-15)23-12(2)26)19-24-13-8-22-7-6-14(13)29-19;1-10-8-23(18(24)25-19(2,3)4)9-13-14(10)15(16(20)26-13)17-22-11-7-21-6-5-12(11)27-17;1-8-5-18-7-12-13(8)14(15(23-12)19-9(2)21)16-20-10-6-17-4-3-11(10)22-16;1-8-7-12(6-5-9(8)13)10(14)15-11(2,3)4;9-3-1-8-11-6-5-10-4-2-7(6)12-8/h6-8,11H,9-10H2,1-5H3,(H,23,26);5-7,10H,8-9,20H2,1-4H3;3-4,6,8,18H,5,7H2,1-2H3,(H,19,21);8H,5-7H2,1-4H3;2,4-5H,1H2. The van der Waals surface area contributed by atoms with E-state index in [0.717, 1.165) is 121 Å². The number of pyridine rings is 4. The highest BCUT2D eigenvalue weighted by Crippen LogP contribution is 2.51. The van der Waals surface area contributed by atoms with Crippen LogP contribution in [-0.4, -0.2) is 140 Å². The Bertz CT molecular complexity index is 5030. The highest BCUT2D eigenvalue weighted by molar-refractivity contribution is 7.24. The Kier molecular flexibility index (Phi) is 24.5. The van der Waals surface area contributed by atoms with Crippen molar-refractivity contribution in [2.75, 3.05) is 49.1 Å². The molecular weight excluding hydrogens is 1490 g/mol. The average Bonchev–Trinajstić information content (AvgIpc) is 1.62. The van der Waals surface area contributed by atoms with E-state index in [-0.39, 0.29) is 53.6 Å². The largest absolute Gasteiger partial charge is 0.444 e. The SMILES string of the molecule is CC(=O)Nc1sc2c(c1-c1nc3cnccc3s1)C(C)CN(C(=O)OC(C)(C)C)C2.CC(=O)Nc1sc2c(c1-c1nc3cnccc3s1)C(C)CNC2.CC1CN(C(=O)OC(C)(C)C)CCC1=O.CC1CN(C(=O)OC(C)(C)C)Cc2sc(N)c(-c3nc4cnccc4s3)c21.N#CCc1nc2cnccc2s1. The summed E-state index contributed by atoms with van der Waals surface area (Å²) in [6, 6.07) is 9.88. The monoisotopic (exact) mass is 1580 g/mol. The minimum atomic E-state index is -0.544. The van der Waals surface area contributed by atoms with Gasteiger partial charge in [0.15, 0.2) is 0 Å². The van der Waals surface area contributed by atoms with E-state index in [9.17, 15) is 28.8 Å². The van der Waals surface area contributed by atoms with Crippen molar-refractivity contribution >= 4 is 171 Å². The van der Waals surface area contributed by atoms with Crippen LogP contribution >= 0.6 is 79.4 Å². The summed E-state index contributed by atoms with van der Waals surface area (Å²) in [6.45, 7) is 33.0. The van der Waals surface area contributed by atoms with Crippen LogP contribution in [-0.2, 0) is 54.6 Å². The molecule has 0 saturated carbocycles. The molecule has 5 N–H and O–H groups in total. The third-order valence-electron chi connectivity index (χ3n) is 16.8. The molecule has 107 heavy (non-hydrogen) atoms. The molecule has 0 bridgehead atoms. The number of nitrogens with two attached hydrogens (primary N) is 1. The van der Waals surface area contributed by atoms with Gasteiger partial charge in [-0.05, 0) is 109 Å². The van der Waals surface area contributed by atoms with Crippen molar-refractivity contribution in [3.8, 4) is 37.8 Å². The number of piperidine rings is 1.